The van der Waals surface area contributed by atoms with Gasteiger partial charge in [0.05, 0.1) is 12.2 Å². The SMILES string of the molecule is CCOc1ccc(N)cc1C(=N)N. The Morgan fingerprint density at radius 2 is 2.23 bits per heavy atom. The normalized spacial score (nSPS) is 9.62. The number of nitrogens with two attached hydrogens (primary N) is 2. The summed E-state index contributed by atoms with van der Waals surface area (Å²) in [6, 6.07) is 5.07. The van der Waals surface area contributed by atoms with Crippen molar-refractivity contribution >= 4 is 11.5 Å². The van der Waals surface area contributed by atoms with Crippen LogP contribution in [0.2, 0.25) is 0 Å². The van der Waals surface area contributed by atoms with Gasteiger partial charge in [-0.05, 0) is 25.1 Å². The van der Waals surface area contributed by atoms with Gasteiger partial charge in [0, 0.05) is 5.69 Å². The minimum absolute atomic E-state index is 0.0317. The van der Waals surface area contributed by atoms with Crippen molar-refractivity contribution in [2.24, 2.45) is 5.73 Å². The quantitative estimate of drug-likeness (QED) is 0.367. The molecule has 1 aromatic carbocycles. The van der Waals surface area contributed by atoms with Gasteiger partial charge >= 0.3 is 0 Å². The van der Waals surface area contributed by atoms with Gasteiger partial charge in [0.1, 0.15) is 11.6 Å². The number of rotatable bonds is 3. The minimum atomic E-state index is -0.0317. The first kappa shape index (κ1) is 9.38. The van der Waals surface area contributed by atoms with Crippen molar-refractivity contribution in [3.8, 4) is 5.75 Å². The first-order valence-electron chi connectivity index (χ1n) is 4.02. The number of hydrogen-bond acceptors (Lipinski definition) is 3. The number of amidine groups is 1. The molecule has 0 saturated carbocycles. The molecule has 0 aliphatic heterocycles. The molecule has 0 bridgehead atoms. The number of benzene rings is 1. The number of nitrogens with one attached hydrogen (secondary N) is 1. The van der Waals surface area contributed by atoms with Crippen LogP contribution in [0.1, 0.15) is 12.5 Å². The second kappa shape index (κ2) is 3.80. The molecule has 0 unspecified atom stereocenters. The van der Waals surface area contributed by atoms with Gasteiger partial charge in [-0.2, -0.15) is 0 Å². The smallest absolute Gasteiger partial charge is 0.130 e. The number of anilines is 1. The Bertz CT molecular complexity index is 323. The van der Waals surface area contributed by atoms with E-state index in [1.165, 1.54) is 0 Å². The molecule has 0 saturated heterocycles. The summed E-state index contributed by atoms with van der Waals surface area (Å²) in [6.07, 6.45) is 0. The predicted octanol–water partition coefficient (Wildman–Crippen LogP) is 0.952. The maximum atomic E-state index is 7.29. The molecule has 0 aliphatic carbocycles. The van der Waals surface area contributed by atoms with Gasteiger partial charge in [-0.1, -0.05) is 0 Å². The summed E-state index contributed by atoms with van der Waals surface area (Å²) < 4.78 is 5.28. The van der Waals surface area contributed by atoms with E-state index >= 15 is 0 Å². The lowest BCUT2D eigenvalue weighted by Crippen LogP contribution is -2.13. The second-order valence-electron chi connectivity index (χ2n) is 2.60. The summed E-state index contributed by atoms with van der Waals surface area (Å²) in [4.78, 5) is 0. The molecule has 13 heavy (non-hydrogen) atoms. The van der Waals surface area contributed by atoms with Crippen LogP contribution in [0.5, 0.6) is 5.75 Å². The van der Waals surface area contributed by atoms with Crippen molar-refractivity contribution in [1.29, 1.82) is 5.41 Å². The molecule has 0 radical (unpaired) electrons. The maximum Gasteiger partial charge on any atom is 0.130 e. The van der Waals surface area contributed by atoms with Crippen LogP contribution >= 0.6 is 0 Å². The first-order chi connectivity index (χ1) is 6.15. The van der Waals surface area contributed by atoms with Crippen LogP contribution < -0.4 is 16.2 Å². The Kier molecular flexibility index (Phi) is 2.74. The largest absolute Gasteiger partial charge is 0.493 e. The molecule has 0 aromatic heterocycles. The van der Waals surface area contributed by atoms with Crippen molar-refractivity contribution in [3.05, 3.63) is 23.8 Å². The fraction of sp³-hybridized carbons (Fsp3) is 0.222. The summed E-state index contributed by atoms with van der Waals surface area (Å²) >= 11 is 0. The standard InChI is InChI=1S/C9H13N3O/c1-2-13-8-4-3-6(10)5-7(8)9(11)12/h3-5H,2,10H2,1H3,(H3,11,12). The molecule has 0 aliphatic rings. The zero-order valence-electron chi connectivity index (χ0n) is 7.50. The Morgan fingerprint density at radius 3 is 2.77 bits per heavy atom. The lowest BCUT2D eigenvalue weighted by molar-refractivity contribution is 0.339. The van der Waals surface area contributed by atoms with Gasteiger partial charge in [-0.25, -0.2) is 0 Å². The van der Waals surface area contributed by atoms with Crippen LogP contribution in [0.3, 0.4) is 0 Å². The Balaban J connectivity index is 3.10. The maximum absolute atomic E-state index is 7.29. The summed E-state index contributed by atoms with van der Waals surface area (Å²) in [5.41, 5.74) is 12.0. The van der Waals surface area contributed by atoms with Gasteiger partial charge in [0.2, 0.25) is 0 Å². The molecular weight excluding hydrogens is 166 g/mol. The minimum Gasteiger partial charge on any atom is -0.493 e. The third kappa shape index (κ3) is 2.11. The molecule has 0 heterocycles. The van der Waals surface area contributed by atoms with E-state index in [1.54, 1.807) is 18.2 Å². The Morgan fingerprint density at radius 1 is 1.54 bits per heavy atom. The van der Waals surface area contributed by atoms with Crippen molar-refractivity contribution in [2.75, 3.05) is 12.3 Å². The van der Waals surface area contributed by atoms with Crippen molar-refractivity contribution in [2.45, 2.75) is 6.92 Å². The molecule has 0 spiro atoms. The molecule has 0 fully saturated rings. The number of nitrogen functional groups attached to an aromatic ring is 2. The van der Waals surface area contributed by atoms with Crippen molar-refractivity contribution in [1.82, 2.24) is 0 Å². The molecule has 1 rings (SSSR count). The molecule has 0 amide bonds. The zero-order chi connectivity index (χ0) is 9.84. The van der Waals surface area contributed by atoms with E-state index in [0.717, 1.165) is 0 Å². The average Bonchev–Trinajstić information content (AvgIpc) is 2.08. The van der Waals surface area contributed by atoms with E-state index < -0.39 is 0 Å². The van der Waals surface area contributed by atoms with Crippen molar-refractivity contribution in [3.63, 3.8) is 0 Å². The van der Waals surface area contributed by atoms with Crippen LogP contribution in [0, 0.1) is 5.41 Å². The van der Waals surface area contributed by atoms with Gasteiger partial charge < -0.3 is 16.2 Å². The van der Waals surface area contributed by atoms with Crippen LogP contribution in [-0.2, 0) is 0 Å². The van der Waals surface area contributed by atoms with Gasteiger partial charge in [0.25, 0.3) is 0 Å². The van der Waals surface area contributed by atoms with Crippen LogP contribution in [-0.4, -0.2) is 12.4 Å². The van der Waals surface area contributed by atoms with Gasteiger partial charge in [-0.15, -0.1) is 0 Å². The molecule has 4 nitrogen and oxygen atoms in total. The second-order valence-corrected chi connectivity index (χ2v) is 2.60. The predicted molar refractivity (Wildman–Crippen MR) is 53.0 cm³/mol. The average molecular weight is 179 g/mol. The molecule has 1 aromatic rings. The van der Waals surface area contributed by atoms with Crippen LogP contribution in [0.15, 0.2) is 18.2 Å². The highest BCUT2D eigenvalue weighted by atomic mass is 16.5. The van der Waals surface area contributed by atoms with Gasteiger partial charge in [-0.3, -0.25) is 5.41 Å². The molecular formula is C9H13N3O. The molecule has 70 valence electrons. The van der Waals surface area contributed by atoms with E-state index in [2.05, 4.69) is 0 Å². The van der Waals surface area contributed by atoms with Gasteiger partial charge in [0.15, 0.2) is 0 Å². The van der Waals surface area contributed by atoms with E-state index in [4.69, 9.17) is 21.6 Å². The summed E-state index contributed by atoms with van der Waals surface area (Å²) in [5.74, 6) is 0.569. The van der Waals surface area contributed by atoms with Crippen LogP contribution in [0.4, 0.5) is 5.69 Å². The van der Waals surface area contributed by atoms with Crippen LogP contribution in [0.25, 0.3) is 0 Å². The fourth-order valence-corrected chi connectivity index (χ4v) is 1.04. The molecule has 5 N–H and O–H groups in total. The molecule has 0 atom stereocenters. The summed E-state index contributed by atoms with van der Waals surface area (Å²) in [5, 5.41) is 7.29. The third-order valence-electron chi connectivity index (χ3n) is 1.59. The topological polar surface area (TPSA) is 85.1 Å². The van der Waals surface area contributed by atoms with E-state index in [9.17, 15) is 0 Å². The highest BCUT2D eigenvalue weighted by Gasteiger charge is 2.05. The third-order valence-corrected chi connectivity index (χ3v) is 1.59. The zero-order valence-corrected chi connectivity index (χ0v) is 7.50. The highest BCUT2D eigenvalue weighted by Crippen LogP contribution is 2.20. The van der Waals surface area contributed by atoms with E-state index in [-0.39, 0.29) is 5.84 Å². The Labute approximate surface area is 77.0 Å². The highest BCUT2D eigenvalue weighted by molar-refractivity contribution is 5.98. The molecule has 4 heteroatoms. The monoisotopic (exact) mass is 179 g/mol. The van der Waals surface area contributed by atoms with Crippen molar-refractivity contribution < 1.29 is 4.74 Å². The lowest BCUT2D eigenvalue weighted by atomic mass is 10.1. The number of ether oxygens (including phenoxy) is 1. The summed E-state index contributed by atoms with van der Waals surface area (Å²) in [7, 11) is 0. The number of hydrogen-bond donors (Lipinski definition) is 3. The van der Waals surface area contributed by atoms with E-state index in [0.29, 0.717) is 23.6 Å². The summed E-state index contributed by atoms with van der Waals surface area (Å²) in [6.45, 7) is 2.42. The fourth-order valence-electron chi connectivity index (χ4n) is 1.04. The van der Waals surface area contributed by atoms with E-state index in [1.807, 2.05) is 6.92 Å². The lowest BCUT2D eigenvalue weighted by Gasteiger charge is -2.09. The first-order valence-corrected chi connectivity index (χ1v) is 4.02. The Hall–Kier alpha value is -1.71.